The molecular formula is C8H11FO4. The Morgan fingerprint density at radius 1 is 1.31 bits per heavy atom. The van der Waals surface area contributed by atoms with Gasteiger partial charge in [-0.3, -0.25) is 0 Å². The van der Waals surface area contributed by atoms with Crippen molar-refractivity contribution in [1.29, 1.82) is 0 Å². The minimum Gasteiger partial charge on any atom is -0.466 e. The van der Waals surface area contributed by atoms with Gasteiger partial charge in [0.15, 0.2) is 0 Å². The van der Waals surface area contributed by atoms with Crippen LogP contribution in [0.25, 0.3) is 0 Å². The van der Waals surface area contributed by atoms with Crippen molar-refractivity contribution in [1.82, 2.24) is 0 Å². The average molecular weight is 190 g/mol. The van der Waals surface area contributed by atoms with Crippen LogP contribution in [-0.4, -0.2) is 25.7 Å². The van der Waals surface area contributed by atoms with Crippen molar-refractivity contribution in [3.05, 3.63) is 11.4 Å². The second-order valence-electron chi connectivity index (χ2n) is 2.15. The lowest BCUT2D eigenvalue weighted by Gasteiger charge is -2.01. The first kappa shape index (κ1) is 11.6. The number of hydrogen-bond acceptors (Lipinski definition) is 4. The molecule has 5 heteroatoms. The van der Waals surface area contributed by atoms with Crippen molar-refractivity contribution in [3.8, 4) is 0 Å². The highest BCUT2D eigenvalue weighted by molar-refractivity contribution is 5.98. The van der Waals surface area contributed by atoms with E-state index in [0.29, 0.717) is 0 Å². The van der Waals surface area contributed by atoms with Crippen LogP contribution >= 0.6 is 0 Å². The Morgan fingerprint density at radius 2 is 1.85 bits per heavy atom. The first-order chi connectivity index (χ1) is 6.04. The molecule has 0 radical (unpaired) electrons. The summed E-state index contributed by atoms with van der Waals surface area (Å²) >= 11 is 0. The third-order valence-corrected chi connectivity index (χ3v) is 1.28. The summed E-state index contributed by atoms with van der Waals surface area (Å²) in [5, 5.41) is 0. The lowest BCUT2D eigenvalue weighted by molar-refractivity contribution is -0.142. The van der Waals surface area contributed by atoms with Crippen LogP contribution in [0.2, 0.25) is 0 Å². The van der Waals surface area contributed by atoms with E-state index in [0.717, 1.165) is 14.0 Å². The van der Waals surface area contributed by atoms with Crippen molar-refractivity contribution in [2.24, 2.45) is 0 Å². The Labute approximate surface area is 75.3 Å². The van der Waals surface area contributed by atoms with Crippen molar-refractivity contribution in [2.45, 2.75) is 13.8 Å². The third-order valence-electron chi connectivity index (χ3n) is 1.28. The van der Waals surface area contributed by atoms with E-state index in [9.17, 15) is 14.0 Å². The molecular weight excluding hydrogens is 179 g/mol. The molecule has 0 aromatic rings. The maximum absolute atomic E-state index is 12.9. The highest BCUT2D eigenvalue weighted by atomic mass is 19.1. The average Bonchev–Trinajstić information content (AvgIpc) is 2.14. The molecule has 0 aliphatic carbocycles. The summed E-state index contributed by atoms with van der Waals surface area (Å²) in [7, 11) is 1.10. The quantitative estimate of drug-likeness (QED) is 0.491. The highest BCUT2D eigenvalue weighted by Crippen LogP contribution is 2.09. The molecule has 0 heterocycles. The molecule has 0 rings (SSSR count). The minimum atomic E-state index is -1.21. The largest absolute Gasteiger partial charge is 0.466 e. The second-order valence-corrected chi connectivity index (χ2v) is 2.15. The Hall–Kier alpha value is -1.39. The molecule has 0 aliphatic rings. The Morgan fingerprint density at radius 3 is 2.23 bits per heavy atom. The van der Waals surface area contributed by atoms with Gasteiger partial charge >= 0.3 is 11.9 Å². The van der Waals surface area contributed by atoms with Gasteiger partial charge in [-0.25, -0.2) is 9.59 Å². The molecule has 0 amide bonds. The predicted octanol–water partition coefficient (Wildman–Crippen LogP) is 0.966. The summed E-state index contributed by atoms with van der Waals surface area (Å²) in [6.45, 7) is 2.75. The van der Waals surface area contributed by atoms with Crippen LogP contribution < -0.4 is 0 Å². The van der Waals surface area contributed by atoms with Gasteiger partial charge in [0.05, 0.1) is 19.3 Å². The molecule has 0 saturated carbocycles. The Balaban J connectivity index is 4.60. The van der Waals surface area contributed by atoms with Gasteiger partial charge in [0, 0.05) is 0 Å². The van der Waals surface area contributed by atoms with E-state index in [1.807, 2.05) is 0 Å². The van der Waals surface area contributed by atoms with Crippen LogP contribution in [0.5, 0.6) is 0 Å². The van der Waals surface area contributed by atoms with E-state index in [4.69, 9.17) is 0 Å². The topological polar surface area (TPSA) is 52.6 Å². The van der Waals surface area contributed by atoms with Crippen molar-refractivity contribution in [3.63, 3.8) is 0 Å². The van der Waals surface area contributed by atoms with Crippen LogP contribution in [0.3, 0.4) is 0 Å². The fourth-order valence-electron chi connectivity index (χ4n) is 0.590. The molecule has 0 aromatic heterocycles. The summed E-state index contributed by atoms with van der Waals surface area (Å²) in [5.41, 5.74) is -0.388. The van der Waals surface area contributed by atoms with E-state index in [1.54, 1.807) is 6.92 Å². The summed E-state index contributed by atoms with van der Waals surface area (Å²) in [4.78, 5) is 21.5. The van der Waals surface area contributed by atoms with Gasteiger partial charge in [-0.1, -0.05) is 0 Å². The maximum atomic E-state index is 12.9. The van der Waals surface area contributed by atoms with Gasteiger partial charge in [-0.05, 0) is 13.8 Å². The van der Waals surface area contributed by atoms with Gasteiger partial charge in [0.2, 0.25) is 5.83 Å². The molecule has 0 N–H and O–H groups in total. The van der Waals surface area contributed by atoms with Crippen molar-refractivity contribution in [2.75, 3.05) is 13.7 Å². The lowest BCUT2D eigenvalue weighted by atomic mass is 10.3. The molecule has 0 spiro atoms. The molecule has 0 atom stereocenters. The first-order valence-corrected chi connectivity index (χ1v) is 3.66. The van der Waals surface area contributed by atoms with E-state index < -0.39 is 17.8 Å². The Kier molecular flexibility index (Phi) is 4.72. The first-order valence-electron chi connectivity index (χ1n) is 3.66. The van der Waals surface area contributed by atoms with Crippen LogP contribution in [0.1, 0.15) is 13.8 Å². The second kappa shape index (κ2) is 5.29. The van der Waals surface area contributed by atoms with Gasteiger partial charge < -0.3 is 9.47 Å². The number of carbonyl (C=O) groups is 2. The minimum absolute atomic E-state index is 0.0563. The van der Waals surface area contributed by atoms with Crippen LogP contribution in [0.15, 0.2) is 11.4 Å². The van der Waals surface area contributed by atoms with E-state index >= 15 is 0 Å². The molecule has 4 nitrogen and oxygen atoms in total. The monoisotopic (exact) mass is 190 g/mol. The highest BCUT2D eigenvalue weighted by Gasteiger charge is 2.18. The molecule has 0 bridgehead atoms. The summed E-state index contributed by atoms with van der Waals surface area (Å²) in [6, 6.07) is 0. The molecule has 0 fully saturated rings. The fourth-order valence-corrected chi connectivity index (χ4v) is 0.590. The fraction of sp³-hybridized carbons (Fsp3) is 0.500. The molecule has 0 aliphatic heterocycles. The number of ether oxygens (including phenoxy) is 2. The van der Waals surface area contributed by atoms with Gasteiger partial charge in [0.1, 0.15) is 0 Å². The van der Waals surface area contributed by atoms with E-state index in [-0.39, 0.29) is 12.2 Å². The summed E-state index contributed by atoms with van der Waals surface area (Å²) in [5.74, 6) is -3.25. The molecule has 13 heavy (non-hydrogen) atoms. The van der Waals surface area contributed by atoms with Crippen LogP contribution in [0.4, 0.5) is 4.39 Å². The molecule has 74 valence electrons. The predicted molar refractivity (Wildman–Crippen MR) is 42.5 cm³/mol. The summed E-state index contributed by atoms with van der Waals surface area (Å²) < 4.78 is 21.5. The molecule has 0 unspecified atom stereocenters. The zero-order valence-corrected chi connectivity index (χ0v) is 7.72. The van der Waals surface area contributed by atoms with Crippen LogP contribution in [0, 0.1) is 0 Å². The zero-order valence-electron chi connectivity index (χ0n) is 7.72. The standard InChI is InChI=1S/C8H11FO4/c1-4-13-8(11)6(9)5(2)7(10)12-3/h4H2,1-3H3/b6-5+. The maximum Gasteiger partial charge on any atom is 0.367 e. The SMILES string of the molecule is CCOC(=O)/C(F)=C(/C)C(=O)OC. The lowest BCUT2D eigenvalue weighted by Crippen LogP contribution is -2.11. The van der Waals surface area contributed by atoms with Crippen molar-refractivity contribution < 1.29 is 23.5 Å². The summed E-state index contributed by atoms with van der Waals surface area (Å²) in [6.07, 6.45) is 0. The smallest absolute Gasteiger partial charge is 0.367 e. The normalized spacial score (nSPS) is 11.7. The van der Waals surface area contributed by atoms with Gasteiger partial charge in [-0.2, -0.15) is 4.39 Å². The number of rotatable bonds is 3. The van der Waals surface area contributed by atoms with Gasteiger partial charge in [-0.15, -0.1) is 0 Å². The van der Waals surface area contributed by atoms with Crippen LogP contribution in [-0.2, 0) is 19.1 Å². The number of hydrogen-bond donors (Lipinski definition) is 0. The van der Waals surface area contributed by atoms with Gasteiger partial charge in [0.25, 0.3) is 0 Å². The number of carbonyl (C=O) groups excluding carboxylic acids is 2. The van der Waals surface area contributed by atoms with E-state index in [2.05, 4.69) is 9.47 Å². The molecule has 0 aromatic carbocycles. The van der Waals surface area contributed by atoms with Crippen molar-refractivity contribution >= 4 is 11.9 Å². The number of esters is 2. The number of halogens is 1. The molecule has 0 saturated heterocycles. The Bertz CT molecular complexity index is 245. The zero-order chi connectivity index (χ0) is 10.4. The van der Waals surface area contributed by atoms with E-state index in [1.165, 1.54) is 0 Å². The third kappa shape index (κ3) is 3.23. The number of methoxy groups -OCH3 is 1.